The summed E-state index contributed by atoms with van der Waals surface area (Å²) in [6.07, 6.45) is 4.79. The van der Waals surface area contributed by atoms with E-state index in [-0.39, 0.29) is 0 Å². The number of hydrogen-bond acceptors (Lipinski definition) is 2. The van der Waals surface area contributed by atoms with Crippen LogP contribution in [0.25, 0.3) is 0 Å². The van der Waals surface area contributed by atoms with Crippen LogP contribution in [0.5, 0.6) is 0 Å². The van der Waals surface area contributed by atoms with E-state index in [9.17, 15) is 0 Å². The van der Waals surface area contributed by atoms with Gasteiger partial charge in [-0.25, -0.2) is 0 Å². The minimum absolute atomic E-state index is 0.516. The van der Waals surface area contributed by atoms with Crippen LogP contribution in [0.2, 0.25) is 0 Å². The predicted molar refractivity (Wildman–Crippen MR) is 75.1 cm³/mol. The lowest BCUT2D eigenvalue weighted by Gasteiger charge is -2.26. The Morgan fingerprint density at radius 2 is 1.94 bits per heavy atom. The number of aryl methyl sites for hydroxylation is 1. The molecule has 2 nitrogen and oxygen atoms in total. The maximum Gasteiger partial charge on any atom is 0.0218 e. The van der Waals surface area contributed by atoms with E-state index in [1.807, 2.05) is 0 Å². The summed E-state index contributed by atoms with van der Waals surface area (Å²) in [4.78, 5) is 2.41. The van der Waals surface area contributed by atoms with Crippen molar-refractivity contribution in [2.24, 2.45) is 5.73 Å². The van der Waals surface area contributed by atoms with E-state index in [2.05, 4.69) is 49.2 Å². The molecule has 0 radical (unpaired) electrons. The zero-order valence-corrected chi connectivity index (χ0v) is 11.2. The van der Waals surface area contributed by atoms with Gasteiger partial charge >= 0.3 is 0 Å². The fourth-order valence-electron chi connectivity index (χ4n) is 2.09. The maximum absolute atomic E-state index is 5.87. The highest BCUT2D eigenvalue weighted by molar-refractivity contribution is 5.14. The van der Waals surface area contributed by atoms with Gasteiger partial charge in [-0.15, -0.1) is 0 Å². The molecule has 1 rings (SSSR count). The molecule has 1 atom stereocenters. The van der Waals surface area contributed by atoms with Crippen LogP contribution in [-0.2, 0) is 6.42 Å². The van der Waals surface area contributed by atoms with E-state index in [0.717, 1.165) is 25.9 Å². The number of benzene rings is 1. The first-order chi connectivity index (χ1) is 8.27. The van der Waals surface area contributed by atoms with Gasteiger partial charge in [0, 0.05) is 12.6 Å². The minimum atomic E-state index is 0.516. The van der Waals surface area contributed by atoms with Gasteiger partial charge in [0.1, 0.15) is 0 Å². The minimum Gasteiger partial charge on any atom is -0.329 e. The van der Waals surface area contributed by atoms with Crippen molar-refractivity contribution in [2.45, 2.75) is 38.6 Å². The van der Waals surface area contributed by atoms with Crippen LogP contribution in [0.15, 0.2) is 30.3 Å². The maximum atomic E-state index is 5.87. The summed E-state index contributed by atoms with van der Waals surface area (Å²) in [5, 5.41) is 0. The normalized spacial score (nSPS) is 12.9. The van der Waals surface area contributed by atoms with Crippen LogP contribution in [0, 0.1) is 0 Å². The molecule has 0 saturated heterocycles. The van der Waals surface area contributed by atoms with E-state index in [4.69, 9.17) is 5.73 Å². The van der Waals surface area contributed by atoms with Crippen molar-refractivity contribution in [1.82, 2.24) is 4.90 Å². The van der Waals surface area contributed by atoms with Crippen molar-refractivity contribution < 1.29 is 0 Å². The van der Waals surface area contributed by atoms with Gasteiger partial charge in [0.05, 0.1) is 0 Å². The molecule has 96 valence electrons. The number of hydrogen-bond donors (Lipinski definition) is 1. The standard InChI is InChI=1S/C15H26N2/c1-3-4-12-17(2)15(13-16)11-10-14-8-6-5-7-9-14/h5-9,15H,3-4,10-13,16H2,1-2H3. The molecule has 0 aliphatic carbocycles. The number of nitrogens with zero attached hydrogens (tertiary/aromatic N) is 1. The molecule has 0 spiro atoms. The molecule has 2 N–H and O–H groups in total. The lowest BCUT2D eigenvalue weighted by atomic mass is 10.0. The highest BCUT2D eigenvalue weighted by atomic mass is 15.1. The first-order valence-corrected chi connectivity index (χ1v) is 6.72. The molecule has 1 unspecified atom stereocenters. The number of nitrogens with two attached hydrogens (primary N) is 1. The van der Waals surface area contributed by atoms with Gasteiger partial charge < -0.3 is 10.6 Å². The summed E-state index contributed by atoms with van der Waals surface area (Å²) in [6.45, 7) is 4.15. The third-order valence-electron chi connectivity index (χ3n) is 3.37. The van der Waals surface area contributed by atoms with Crippen LogP contribution in [0.1, 0.15) is 31.7 Å². The summed E-state index contributed by atoms with van der Waals surface area (Å²) < 4.78 is 0. The molecule has 1 aromatic rings. The van der Waals surface area contributed by atoms with Crippen molar-refractivity contribution >= 4 is 0 Å². The number of rotatable bonds is 8. The summed E-state index contributed by atoms with van der Waals surface area (Å²) in [5.41, 5.74) is 7.28. The number of unbranched alkanes of at least 4 members (excludes halogenated alkanes) is 1. The molecule has 2 heteroatoms. The van der Waals surface area contributed by atoms with Crippen LogP contribution < -0.4 is 5.73 Å². The first-order valence-electron chi connectivity index (χ1n) is 6.72. The fourth-order valence-corrected chi connectivity index (χ4v) is 2.09. The predicted octanol–water partition coefficient (Wildman–Crippen LogP) is 2.68. The van der Waals surface area contributed by atoms with E-state index in [1.165, 1.54) is 18.4 Å². The summed E-state index contributed by atoms with van der Waals surface area (Å²) in [7, 11) is 2.19. The molecular formula is C15H26N2. The van der Waals surface area contributed by atoms with Crippen molar-refractivity contribution in [1.29, 1.82) is 0 Å². The van der Waals surface area contributed by atoms with Crippen LogP contribution in [0.3, 0.4) is 0 Å². The molecule has 0 amide bonds. The molecule has 17 heavy (non-hydrogen) atoms. The Morgan fingerprint density at radius 1 is 1.24 bits per heavy atom. The third kappa shape index (κ3) is 5.33. The van der Waals surface area contributed by atoms with E-state index in [0.29, 0.717) is 6.04 Å². The summed E-state index contributed by atoms with van der Waals surface area (Å²) in [6, 6.07) is 11.2. The van der Waals surface area contributed by atoms with Gasteiger partial charge in [0.2, 0.25) is 0 Å². The number of likely N-dealkylation sites (N-methyl/N-ethyl adjacent to an activating group) is 1. The molecule has 0 heterocycles. The van der Waals surface area contributed by atoms with Crippen molar-refractivity contribution in [2.75, 3.05) is 20.1 Å². The average molecular weight is 234 g/mol. The first kappa shape index (κ1) is 14.2. The van der Waals surface area contributed by atoms with Crippen molar-refractivity contribution in [3.63, 3.8) is 0 Å². The molecule has 0 saturated carbocycles. The monoisotopic (exact) mass is 234 g/mol. The van der Waals surface area contributed by atoms with Gasteiger partial charge in [0.15, 0.2) is 0 Å². The molecule has 0 aromatic heterocycles. The van der Waals surface area contributed by atoms with Gasteiger partial charge in [-0.05, 0) is 38.4 Å². The highest BCUT2D eigenvalue weighted by Gasteiger charge is 2.12. The smallest absolute Gasteiger partial charge is 0.0218 e. The average Bonchev–Trinajstić information content (AvgIpc) is 2.38. The van der Waals surface area contributed by atoms with Gasteiger partial charge in [0.25, 0.3) is 0 Å². The summed E-state index contributed by atoms with van der Waals surface area (Å²) >= 11 is 0. The SMILES string of the molecule is CCCCN(C)C(CN)CCc1ccccc1. The Balaban J connectivity index is 2.36. The van der Waals surface area contributed by atoms with Crippen molar-refractivity contribution in [3.8, 4) is 0 Å². The fraction of sp³-hybridized carbons (Fsp3) is 0.600. The van der Waals surface area contributed by atoms with Crippen LogP contribution in [0.4, 0.5) is 0 Å². The Morgan fingerprint density at radius 3 is 2.53 bits per heavy atom. The van der Waals surface area contributed by atoms with Crippen LogP contribution >= 0.6 is 0 Å². The lowest BCUT2D eigenvalue weighted by Crippen LogP contribution is -2.38. The van der Waals surface area contributed by atoms with Gasteiger partial charge in [-0.3, -0.25) is 0 Å². The van der Waals surface area contributed by atoms with Gasteiger partial charge in [-0.1, -0.05) is 43.7 Å². The van der Waals surface area contributed by atoms with Crippen molar-refractivity contribution in [3.05, 3.63) is 35.9 Å². The molecule has 1 aromatic carbocycles. The van der Waals surface area contributed by atoms with E-state index >= 15 is 0 Å². The largest absolute Gasteiger partial charge is 0.329 e. The Labute approximate surface area is 106 Å². The second-order valence-corrected chi connectivity index (χ2v) is 4.75. The Hall–Kier alpha value is -0.860. The zero-order valence-electron chi connectivity index (χ0n) is 11.2. The van der Waals surface area contributed by atoms with E-state index < -0.39 is 0 Å². The molecule has 0 fully saturated rings. The molecule has 0 bridgehead atoms. The Kier molecular flexibility index (Phi) is 6.90. The topological polar surface area (TPSA) is 29.3 Å². The highest BCUT2D eigenvalue weighted by Crippen LogP contribution is 2.09. The summed E-state index contributed by atoms with van der Waals surface area (Å²) in [5.74, 6) is 0. The van der Waals surface area contributed by atoms with E-state index in [1.54, 1.807) is 0 Å². The second kappa shape index (κ2) is 8.26. The Bertz CT molecular complexity index is 284. The van der Waals surface area contributed by atoms with Crippen LogP contribution in [-0.4, -0.2) is 31.1 Å². The van der Waals surface area contributed by atoms with Gasteiger partial charge in [-0.2, -0.15) is 0 Å². The second-order valence-electron chi connectivity index (χ2n) is 4.75. The lowest BCUT2D eigenvalue weighted by molar-refractivity contribution is 0.232. The molecule has 0 aliphatic heterocycles. The molecular weight excluding hydrogens is 208 g/mol. The third-order valence-corrected chi connectivity index (χ3v) is 3.37. The zero-order chi connectivity index (χ0) is 12.5. The quantitative estimate of drug-likeness (QED) is 0.749. The molecule has 0 aliphatic rings.